The van der Waals surface area contributed by atoms with E-state index in [1.807, 2.05) is 30.3 Å². The van der Waals surface area contributed by atoms with Crippen LogP contribution < -0.4 is 19.7 Å². The van der Waals surface area contributed by atoms with Crippen LogP contribution in [0.25, 0.3) is 0 Å². The Morgan fingerprint density at radius 1 is 1.03 bits per heavy atom. The van der Waals surface area contributed by atoms with Gasteiger partial charge in [-0.1, -0.05) is 41.9 Å². The predicted octanol–water partition coefficient (Wildman–Crippen LogP) is 4.64. The van der Waals surface area contributed by atoms with E-state index in [1.54, 1.807) is 57.5 Å². The fourth-order valence-corrected chi connectivity index (χ4v) is 4.28. The lowest BCUT2D eigenvalue weighted by Crippen LogP contribution is -2.63. The first-order chi connectivity index (χ1) is 15.9. The van der Waals surface area contributed by atoms with Crippen LogP contribution in [-0.2, 0) is 17.8 Å². The van der Waals surface area contributed by atoms with Crippen molar-refractivity contribution in [2.75, 3.05) is 19.1 Å². The highest BCUT2D eigenvalue weighted by atomic mass is 35.5. The summed E-state index contributed by atoms with van der Waals surface area (Å²) < 4.78 is 10.8. The molecule has 1 aliphatic rings. The molecule has 0 fully saturated rings. The number of fused-ring (bicyclic) bond motifs is 1. The Hall–Kier alpha value is -3.51. The molecule has 0 radical (unpaired) electrons. The second-order valence-corrected chi connectivity index (χ2v) is 8.56. The molecule has 1 N–H and O–H groups in total. The number of ether oxygens (including phenoxy) is 2. The second-order valence-electron chi connectivity index (χ2n) is 8.13. The molecule has 0 saturated carbocycles. The van der Waals surface area contributed by atoms with E-state index >= 15 is 0 Å². The average Bonchev–Trinajstić information content (AvgIpc) is 2.83. The highest BCUT2D eigenvalue weighted by Gasteiger charge is 2.47. The van der Waals surface area contributed by atoms with Crippen LogP contribution in [0.2, 0.25) is 5.02 Å². The molecule has 33 heavy (non-hydrogen) atoms. The molecule has 3 aromatic rings. The molecule has 4 rings (SSSR count). The summed E-state index contributed by atoms with van der Waals surface area (Å²) in [6.07, 6.45) is 0.362. The molecule has 1 atom stereocenters. The summed E-state index contributed by atoms with van der Waals surface area (Å²) in [6, 6.07) is 19.8. The van der Waals surface area contributed by atoms with Gasteiger partial charge in [0.05, 0.1) is 19.9 Å². The minimum atomic E-state index is -1.17. The van der Waals surface area contributed by atoms with E-state index in [-0.39, 0.29) is 11.8 Å². The molecule has 1 heterocycles. The maximum Gasteiger partial charge on any atom is 0.259 e. The van der Waals surface area contributed by atoms with Crippen LogP contribution >= 0.6 is 11.6 Å². The quantitative estimate of drug-likeness (QED) is 0.577. The number of anilines is 1. The Bertz CT molecular complexity index is 1170. The number of benzene rings is 3. The molecule has 0 saturated heterocycles. The molecule has 2 amide bonds. The van der Waals surface area contributed by atoms with Crippen LogP contribution in [0.4, 0.5) is 5.69 Å². The van der Waals surface area contributed by atoms with Gasteiger partial charge in [0.25, 0.3) is 5.91 Å². The van der Waals surface area contributed by atoms with Gasteiger partial charge in [-0.15, -0.1) is 0 Å². The van der Waals surface area contributed by atoms with Gasteiger partial charge in [-0.05, 0) is 36.2 Å². The fraction of sp³-hybridized carbons (Fsp3) is 0.231. The molecule has 0 bridgehead atoms. The highest BCUT2D eigenvalue weighted by Crippen LogP contribution is 2.38. The Kier molecular flexibility index (Phi) is 6.29. The summed E-state index contributed by atoms with van der Waals surface area (Å²) in [4.78, 5) is 28.9. The lowest BCUT2D eigenvalue weighted by Gasteiger charge is -2.44. The normalized spacial score (nSPS) is 17.3. The van der Waals surface area contributed by atoms with Crippen molar-refractivity contribution in [3.8, 4) is 11.5 Å². The van der Waals surface area contributed by atoms with Crippen LogP contribution in [0.5, 0.6) is 11.5 Å². The zero-order chi connectivity index (χ0) is 23.6. The molecule has 0 aliphatic carbocycles. The smallest absolute Gasteiger partial charge is 0.259 e. The van der Waals surface area contributed by atoms with Gasteiger partial charge in [-0.25, -0.2) is 0 Å². The molecule has 1 unspecified atom stereocenters. The maximum atomic E-state index is 13.7. The van der Waals surface area contributed by atoms with E-state index in [4.69, 9.17) is 21.1 Å². The van der Waals surface area contributed by atoms with Gasteiger partial charge < -0.3 is 14.8 Å². The van der Waals surface area contributed by atoms with E-state index in [0.29, 0.717) is 40.7 Å². The zero-order valence-corrected chi connectivity index (χ0v) is 19.5. The topological polar surface area (TPSA) is 67.9 Å². The lowest BCUT2D eigenvalue weighted by molar-refractivity contribution is -0.126. The number of methoxy groups -OCH3 is 2. The number of hydrogen-bond acceptors (Lipinski definition) is 4. The summed E-state index contributed by atoms with van der Waals surface area (Å²) in [5, 5.41) is 3.63. The van der Waals surface area contributed by atoms with E-state index in [2.05, 4.69) is 5.32 Å². The van der Waals surface area contributed by atoms with Crippen molar-refractivity contribution in [3.05, 3.63) is 88.4 Å². The largest absolute Gasteiger partial charge is 0.497 e. The standard InChI is InChI=1S/C26H25ClN2O4/c1-26(25(31)28-16-17-8-10-19(27)11-9-17)15-18-6-4-5-7-23(18)24(30)29(26)20-12-21(32-2)14-22(13-20)33-3/h4-14H,15-16H2,1-3H3,(H,28,31). The monoisotopic (exact) mass is 464 g/mol. The Morgan fingerprint density at radius 2 is 1.67 bits per heavy atom. The van der Waals surface area contributed by atoms with Crippen LogP contribution in [0.3, 0.4) is 0 Å². The number of nitrogens with zero attached hydrogens (tertiary/aromatic N) is 1. The first-order valence-corrected chi connectivity index (χ1v) is 10.9. The molecular weight excluding hydrogens is 440 g/mol. The third kappa shape index (κ3) is 4.39. The lowest BCUT2D eigenvalue weighted by atomic mass is 9.82. The SMILES string of the molecule is COc1cc(OC)cc(N2C(=O)c3ccccc3CC2(C)C(=O)NCc2ccc(Cl)cc2)c1. The summed E-state index contributed by atoms with van der Waals surface area (Å²) >= 11 is 5.97. The van der Waals surface area contributed by atoms with Gasteiger partial charge in [-0.2, -0.15) is 0 Å². The van der Waals surface area contributed by atoms with Crippen LogP contribution in [-0.4, -0.2) is 31.6 Å². The number of carbonyl (C=O) groups is 2. The van der Waals surface area contributed by atoms with Crippen LogP contribution in [0, 0.1) is 0 Å². The minimum absolute atomic E-state index is 0.253. The maximum absolute atomic E-state index is 13.7. The Balaban J connectivity index is 1.75. The van der Waals surface area contributed by atoms with Crippen molar-refractivity contribution in [1.29, 1.82) is 0 Å². The summed E-state index contributed by atoms with van der Waals surface area (Å²) in [7, 11) is 3.09. The molecule has 1 aliphatic heterocycles. The Labute approximate surface area is 198 Å². The van der Waals surface area contributed by atoms with Crippen LogP contribution in [0.15, 0.2) is 66.7 Å². The third-order valence-corrected chi connectivity index (χ3v) is 6.18. The van der Waals surface area contributed by atoms with Crippen molar-refractivity contribution in [2.24, 2.45) is 0 Å². The number of carbonyl (C=O) groups excluding carboxylic acids is 2. The first-order valence-electron chi connectivity index (χ1n) is 10.5. The number of amides is 2. The molecule has 170 valence electrons. The van der Waals surface area contributed by atoms with Gasteiger partial charge in [0.2, 0.25) is 5.91 Å². The third-order valence-electron chi connectivity index (χ3n) is 5.93. The number of nitrogens with one attached hydrogen (secondary N) is 1. The van der Waals surface area contributed by atoms with Crippen molar-refractivity contribution in [3.63, 3.8) is 0 Å². The summed E-state index contributed by atoms with van der Waals surface area (Å²) in [6.45, 7) is 2.10. The van der Waals surface area contributed by atoms with Crippen molar-refractivity contribution in [1.82, 2.24) is 5.32 Å². The first kappa shape index (κ1) is 22.7. The number of rotatable bonds is 6. The summed E-state index contributed by atoms with van der Waals surface area (Å²) in [5.41, 5.74) is 1.67. The molecule has 7 heteroatoms. The van der Waals surface area contributed by atoms with E-state index in [9.17, 15) is 9.59 Å². The predicted molar refractivity (Wildman–Crippen MR) is 128 cm³/mol. The van der Waals surface area contributed by atoms with Crippen molar-refractivity contribution >= 4 is 29.1 Å². The van der Waals surface area contributed by atoms with Crippen LogP contribution in [0.1, 0.15) is 28.4 Å². The van der Waals surface area contributed by atoms with E-state index < -0.39 is 5.54 Å². The van der Waals surface area contributed by atoms with Crippen molar-refractivity contribution in [2.45, 2.75) is 25.4 Å². The highest BCUT2D eigenvalue weighted by molar-refractivity contribution is 6.30. The number of halogens is 1. The molecule has 0 aromatic heterocycles. The van der Waals surface area contributed by atoms with Gasteiger partial charge in [0.15, 0.2) is 0 Å². The van der Waals surface area contributed by atoms with Gasteiger partial charge in [0, 0.05) is 41.8 Å². The second kappa shape index (κ2) is 9.16. The van der Waals surface area contributed by atoms with Gasteiger partial charge in [0.1, 0.15) is 17.0 Å². The number of hydrogen-bond donors (Lipinski definition) is 1. The van der Waals surface area contributed by atoms with E-state index in [0.717, 1.165) is 11.1 Å². The molecule has 3 aromatic carbocycles. The summed E-state index contributed by atoms with van der Waals surface area (Å²) in [5.74, 6) is 0.540. The molecular formula is C26H25ClN2O4. The van der Waals surface area contributed by atoms with E-state index in [1.165, 1.54) is 4.90 Å². The Morgan fingerprint density at radius 3 is 2.30 bits per heavy atom. The van der Waals surface area contributed by atoms with Crippen molar-refractivity contribution < 1.29 is 19.1 Å². The zero-order valence-electron chi connectivity index (χ0n) is 18.7. The molecule has 0 spiro atoms. The average molecular weight is 465 g/mol. The fourth-order valence-electron chi connectivity index (χ4n) is 4.16. The van der Waals surface area contributed by atoms with Gasteiger partial charge >= 0.3 is 0 Å². The molecule has 6 nitrogen and oxygen atoms in total. The minimum Gasteiger partial charge on any atom is -0.497 e. The van der Waals surface area contributed by atoms with Gasteiger partial charge in [-0.3, -0.25) is 14.5 Å².